The summed E-state index contributed by atoms with van der Waals surface area (Å²) >= 11 is 0. The van der Waals surface area contributed by atoms with E-state index in [1.165, 1.54) is 0 Å². The molecule has 0 saturated carbocycles. The molecule has 1 atom stereocenters. The number of aromatic nitrogens is 1. The van der Waals surface area contributed by atoms with Gasteiger partial charge in [0, 0.05) is 12.1 Å². The van der Waals surface area contributed by atoms with Gasteiger partial charge in [0.1, 0.15) is 12.3 Å². The van der Waals surface area contributed by atoms with Crippen LogP contribution in [0, 0.1) is 0 Å². The van der Waals surface area contributed by atoms with E-state index in [-0.39, 0.29) is 12.0 Å². The molecule has 1 aromatic heterocycles. The Morgan fingerprint density at radius 1 is 1.65 bits per heavy atom. The molecular weight excluding hydrogens is 220 g/mol. The molecule has 1 unspecified atom stereocenters. The predicted molar refractivity (Wildman–Crippen MR) is 61.2 cm³/mol. The maximum atomic E-state index is 11.8. The number of carbonyl (C=O) groups is 1. The average molecular weight is 238 g/mol. The van der Waals surface area contributed by atoms with Gasteiger partial charge in [-0.2, -0.15) is 0 Å². The van der Waals surface area contributed by atoms with Gasteiger partial charge in [0.05, 0.1) is 12.8 Å². The number of ether oxygens (including phenoxy) is 1. The third kappa shape index (κ3) is 3.06. The van der Waals surface area contributed by atoms with Crippen molar-refractivity contribution in [2.24, 2.45) is 0 Å². The standard InChI is InChI=1S/C12H18N2O3/c1-2-16-12(15)11-5-3-4-6-14(11)8-10-7-13-17-9-10/h7,9,11H,2-6,8H2,1H3. The van der Waals surface area contributed by atoms with Gasteiger partial charge in [-0.3, -0.25) is 9.69 Å². The number of esters is 1. The van der Waals surface area contributed by atoms with E-state index in [9.17, 15) is 4.79 Å². The first-order valence-corrected chi connectivity index (χ1v) is 6.10. The van der Waals surface area contributed by atoms with Crippen LogP contribution in [-0.4, -0.2) is 35.2 Å². The number of hydrogen-bond donors (Lipinski definition) is 0. The Kier molecular flexibility index (Phi) is 4.14. The van der Waals surface area contributed by atoms with E-state index in [1.807, 2.05) is 6.92 Å². The highest BCUT2D eigenvalue weighted by Crippen LogP contribution is 2.20. The molecule has 1 aromatic rings. The molecule has 0 aromatic carbocycles. The fraction of sp³-hybridized carbons (Fsp3) is 0.667. The summed E-state index contributed by atoms with van der Waals surface area (Å²) in [7, 11) is 0. The van der Waals surface area contributed by atoms with Crippen LogP contribution in [0.25, 0.3) is 0 Å². The lowest BCUT2D eigenvalue weighted by Gasteiger charge is -2.33. The molecular formula is C12H18N2O3. The average Bonchev–Trinajstić information content (AvgIpc) is 2.83. The maximum absolute atomic E-state index is 11.8. The van der Waals surface area contributed by atoms with E-state index in [0.29, 0.717) is 13.2 Å². The maximum Gasteiger partial charge on any atom is 0.323 e. The summed E-state index contributed by atoms with van der Waals surface area (Å²) in [6.07, 6.45) is 6.41. The number of carbonyl (C=O) groups excluding carboxylic acids is 1. The lowest BCUT2D eigenvalue weighted by molar-refractivity contribution is -0.151. The molecule has 17 heavy (non-hydrogen) atoms. The van der Waals surface area contributed by atoms with E-state index in [0.717, 1.165) is 31.4 Å². The van der Waals surface area contributed by atoms with Crippen molar-refractivity contribution in [3.05, 3.63) is 18.0 Å². The Morgan fingerprint density at radius 3 is 3.24 bits per heavy atom. The number of hydrogen-bond acceptors (Lipinski definition) is 5. The molecule has 1 aliphatic heterocycles. The predicted octanol–water partition coefficient (Wildman–Crippen LogP) is 1.59. The molecule has 1 fully saturated rings. The van der Waals surface area contributed by atoms with E-state index < -0.39 is 0 Å². The van der Waals surface area contributed by atoms with Crippen molar-refractivity contribution in [1.29, 1.82) is 0 Å². The van der Waals surface area contributed by atoms with Crippen molar-refractivity contribution < 1.29 is 14.1 Å². The lowest BCUT2D eigenvalue weighted by Crippen LogP contribution is -2.44. The van der Waals surface area contributed by atoms with E-state index in [2.05, 4.69) is 10.1 Å². The van der Waals surface area contributed by atoms with E-state index in [4.69, 9.17) is 9.26 Å². The molecule has 0 bridgehead atoms. The van der Waals surface area contributed by atoms with Gasteiger partial charge in [0.25, 0.3) is 0 Å². The van der Waals surface area contributed by atoms with Crippen LogP contribution in [0.3, 0.4) is 0 Å². The van der Waals surface area contributed by atoms with Crippen molar-refractivity contribution in [2.75, 3.05) is 13.2 Å². The van der Waals surface area contributed by atoms with Crippen molar-refractivity contribution in [3.8, 4) is 0 Å². The zero-order chi connectivity index (χ0) is 12.1. The first kappa shape index (κ1) is 12.1. The SMILES string of the molecule is CCOC(=O)C1CCCCN1Cc1cnoc1. The van der Waals surface area contributed by atoms with E-state index >= 15 is 0 Å². The summed E-state index contributed by atoms with van der Waals surface area (Å²) < 4.78 is 9.92. The van der Waals surface area contributed by atoms with Crippen LogP contribution in [0.15, 0.2) is 17.0 Å². The van der Waals surface area contributed by atoms with Crippen LogP contribution in [-0.2, 0) is 16.1 Å². The Labute approximate surface area is 101 Å². The van der Waals surface area contributed by atoms with Crippen molar-refractivity contribution in [2.45, 2.75) is 38.8 Å². The molecule has 0 amide bonds. The van der Waals surface area contributed by atoms with E-state index in [1.54, 1.807) is 12.5 Å². The van der Waals surface area contributed by atoms with Gasteiger partial charge in [-0.25, -0.2) is 0 Å². The molecule has 0 N–H and O–H groups in total. The zero-order valence-electron chi connectivity index (χ0n) is 10.1. The monoisotopic (exact) mass is 238 g/mol. The van der Waals surface area contributed by atoms with Gasteiger partial charge < -0.3 is 9.26 Å². The summed E-state index contributed by atoms with van der Waals surface area (Å²) in [4.78, 5) is 14.0. The van der Waals surface area contributed by atoms with Gasteiger partial charge >= 0.3 is 5.97 Å². The number of likely N-dealkylation sites (tertiary alicyclic amines) is 1. The molecule has 5 nitrogen and oxygen atoms in total. The summed E-state index contributed by atoms with van der Waals surface area (Å²) in [5.74, 6) is -0.108. The van der Waals surface area contributed by atoms with Crippen molar-refractivity contribution in [3.63, 3.8) is 0 Å². The Balaban J connectivity index is 1.99. The number of nitrogens with zero attached hydrogens (tertiary/aromatic N) is 2. The summed E-state index contributed by atoms with van der Waals surface area (Å²) in [5, 5.41) is 3.68. The molecule has 1 aliphatic rings. The minimum Gasteiger partial charge on any atom is -0.465 e. The molecule has 94 valence electrons. The van der Waals surface area contributed by atoms with Crippen LogP contribution < -0.4 is 0 Å². The first-order chi connectivity index (χ1) is 8.31. The fourth-order valence-corrected chi connectivity index (χ4v) is 2.22. The molecule has 0 radical (unpaired) electrons. The van der Waals surface area contributed by atoms with Crippen molar-refractivity contribution in [1.82, 2.24) is 10.1 Å². The lowest BCUT2D eigenvalue weighted by atomic mass is 10.0. The molecule has 0 spiro atoms. The van der Waals surface area contributed by atoms with Gasteiger partial charge in [-0.15, -0.1) is 0 Å². The Morgan fingerprint density at radius 2 is 2.53 bits per heavy atom. The highest BCUT2D eigenvalue weighted by Gasteiger charge is 2.29. The van der Waals surface area contributed by atoms with Crippen LogP contribution in [0.2, 0.25) is 0 Å². The van der Waals surface area contributed by atoms with Gasteiger partial charge in [-0.05, 0) is 26.3 Å². The third-order valence-electron chi connectivity index (χ3n) is 3.04. The van der Waals surface area contributed by atoms with Crippen LogP contribution in [0.5, 0.6) is 0 Å². The molecule has 2 heterocycles. The summed E-state index contributed by atoms with van der Waals surface area (Å²) in [5.41, 5.74) is 1.00. The van der Waals surface area contributed by atoms with Gasteiger partial charge in [-0.1, -0.05) is 11.6 Å². The minimum absolute atomic E-state index is 0.108. The van der Waals surface area contributed by atoms with Gasteiger partial charge in [0.2, 0.25) is 0 Å². The summed E-state index contributed by atoms with van der Waals surface area (Å²) in [6, 6.07) is -0.112. The minimum atomic E-state index is -0.112. The van der Waals surface area contributed by atoms with Gasteiger partial charge in [0.15, 0.2) is 0 Å². The Hall–Kier alpha value is -1.36. The number of piperidine rings is 1. The molecule has 2 rings (SSSR count). The second kappa shape index (κ2) is 5.82. The fourth-order valence-electron chi connectivity index (χ4n) is 2.22. The van der Waals surface area contributed by atoms with Crippen LogP contribution >= 0.6 is 0 Å². The zero-order valence-corrected chi connectivity index (χ0v) is 10.1. The first-order valence-electron chi connectivity index (χ1n) is 6.10. The second-order valence-electron chi connectivity index (χ2n) is 4.27. The normalized spacial score (nSPS) is 21.4. The quantitative estimate of drug-likeness (QED) is 0.746. The summed E-state index contributed by atoms with van der Waals surface area (Å²) in [6.45, 7) is 3.91. The number of rotatable bonds is 4. The van der Waals surface area contributed by atoms with Crippen LogP contribution in [0.4, 0.5) is 0 Å². The Bertz CT molecular complexity index is 351. The smallest absolute Gasteiger partial charge is 0.323 e. The topological polar surface area (TPSA) is 55.6 Å². The largest absolute Gasteiger partial charge is 0.465 e. The van der Waals surface area contributed by atoms with Crippen molar-refractivity contribution >= 4 is 5.97 Å². The highest BCUT2D eigenvalue weighted by atomic mass is 16.5. The third-order valence-corrected chi connectivity index (χ3v) is 3.04. The highest BCUT2D eigenvalue weighted by molar-refractivity contribution is 5.75. The molecule has 0 aliphatic carbocycles. The molecule has 1 saturated heterocycles. The van der Waals surface area contributed by atoms with Crippen LogP contribution in [0.1, 0.15) is 31.7 Å². The second-order valence-corrected chi connectivity index (χ2v) is 4.27. The molecule has 5 heteroatoms.